The molecule has 0 spiro atoms. The van der Waals surface area contributed by atoms with Gasteiger partial charge in [-0.2, -0.15) is 5.26 Å². The average Bonchev–Trinajstić information content (AvgIpc) is 3.46. The summed E-state index contributed by atoms with van der Waals surface area (Å²) >= 11 is 5.90. The van der Waals surface area contributed by atoms with E-state index < -0.39 is 46.5 Å². The Labute approximate surface area is 336 Å². The summed E-state index contributed by atoms with van der Waals surface area (Å²) in [5.74, 6) is -2.20. The molecule has 8 rings (SSSR count). The summed E-state index contributed by atoms with van der Waals surface area (Å²) in [7, 11) is -1.37. The summed E-state index contributed by atoms with van der Waals surface area (Å²) in [5.41, 5.74) is 1.60. The van der Waals surface area contributed by atoms with Gasteiger partial charge in [-0.3, -0.25) is 34.3 Å². The van der Waals surface area contributed by atoms with Crippen molar-refractivity contribution in [1.29, 1.82) is 5.26 Å². The van der Waals surface area contributed by atoms with Crippen molar-refractivity contribution in [1.82, 2.24) is 29.4 Å². The quantitative estimate of drug-likeness (QED) is 0.303. The third-order valence-corrected chi connectivity index (χ3v) is 13.3. The van der Waals surface area contributed by atoms with Crippen molar-refractivity contribution < 1.29 is 27.8 Å². The number of imide groups is 2. The molecule has 0 aliphatic carbocycles. The minimum atomic E-state index is -1.37. The lowest BCUT2D eigenvalue weighted by Crippen LogP contribution is -2.54. The first-order chi connectivity index (χ1) is 27.6. The van der Waals surface area contributed by atoms with Crippen LogP contribution in [0.5, 0.6) is 0 Å². The Kier molecular flexibility index (Phi) is 11.2. The van der Waals surface area contributed by atoms with Crippen LogP contribution < -0.4 is 20.4 Å². The number of hydrogen-bond donors (Lipinski definition) is 2. The molecule has 6 heterocycles. The van der Waals surface area contributed by atoms with Gasteiger partial charge < -0.3 is 15.1 Å². The summed E-state index contributed by atoms with van der Waals surface area (Å²) in [6.07, 6.45) is 6.57. The number of hydrogen-bond acceptors (Lipinski definition) is 12. The minimum absolute atomic E-state index is 0.00944. The lowest BCUT2D eigenvalue weighted by atomic mass is 9.95. The van der Waals surface area contributed by atoms with Gasteiger partial charge in [-0.05, 0) is 68.4 Å². The molecule has 4 saturated heterocycles. The Hall–Kier alpha value is -5.02. The number of anilines is 3. The summed E-state index contributed by atoms with van der Waals surface area (Å²) in [6, 6.07) is 9.35. The summed E-state index contributed by atoms with van der Waals surface area (Å²) in [6.45, 7) is 6.15. The SMILES string of the molecule is N#Cc1ccc(S(=O)N2CCC(Nc3ncc(Cl)cn3)CC2)cc1N1CCC(CN2CCN(c3cc4c(cc3F)C(=O)N(C3CCC(=O)NC3=O)C4=O)CC2)CC1. The summed E-state index contributed by atoms with van der Waals surface area (Å²) in [4.78, 5) is 66.9. The molecule has 5 aliphatic rings. The van der Waals surface area contributed by atoms with Crippen LogP contribution in [-0.4, -0.2) is 123 Å². The fraction of sp³-hybridized carbons (Fsp3) is 0.462. The number of rotatable bonds is 9. The van der Waals surface area contributed by atoms with E-state index in [-0.39, 0.29) is 35.7 Å². The summed E-state index contributed by atoms with van der Waals surface area (Å²) in [5, 5.41) is 15.9. The van der Waals surface area contributed by atoms with E-state index in [1.54, 1.807) is 24.5 Å². The zero-order valence-electron chi connectivity index (χ0n) is 31.2. The van der Waals surface area contributed by atoms with Crippen LogP contribution >= 0.6 is 11.6 Å². The van der Waals surface area contributed by atoms with Gasteiger partial charge in [-0.25, -0.2) is 22.9 Å². The Balaban J connectivity index is 0.827. The van der Waals surface area contributed by atoms with Crippen LogP contribution in [0.1, 0.15) is 64.8 Å². The van der Waals surface area contributed by atoms with Crippen molar-refractivity contribution >= 4 is 63.5 Å². The molecule has 0 radical (unpaired) electrons. The molecular formula is C39H42ClFN10O5S. The second-order valence-corrected chi connectivity index (χ2v) is 17.0. The number of halogens is 2. The molecular weight excluding hydrogens is 775 g/mol. The van der Waals surface area contributed by atoms with E-state index in [0.717, 1.165) is 62.0 Å². The lowest BCUT2D eigenvalue weighted by molar-refractivity contribution is -0.136. The van der Waals surface area contributed by atoms with E-state index in [2.05, 4.69) is 36.5 Å². The van der Waals surface area contributed by atoms with Crippen LogP contribution in [0.2, 0.25) is 5.02 Å². The predicted octanol–water partition coefficient (Wildman–Crippen LogP) is 3.18. The van der Waals surface area contributed by atoms with Gasteiger partial charge in [0.2, 0.25) is 17.8 Å². The number of carbonyl (C=O) groups is 4. The Morgan fingerprint density at radius 1 is 0.860 bits per heavy atom. The van der Waals surface area contributed by atoms with Crippen LogP contribution in [0.4, 0.5) is 21.7 Å². The fourth-order valence-corrected chi connectivity index (χ4v) is 9.81. The first-order valence-corrected chi connectivity index (χ1v) is 20.8. The monoisotopic (exact) mass is 816 g/mol. The van der Waals surface area contributed by atoms with E-state index in [1.807, 2.05) is 15.3 Å². The maximum absolute atomic E-state index is 15.5. The molecule has 4 amide bonds. The molecule has 15 nitrogen and oxygen atoms in total. The highest BCUT2D eigenvalue weighted by Crippen LogP contribution is 2.34. The highest BCUT2D eigenvalue weighted by Gasteiger charge is 2.45. The van der Waals surface area contributed by atoms with E-state index in [4.69, 9.17) is 11.6 Å². The molecule has 3 aromatic rings. The van der Waals surface area contributed by atoms with Gasteiger partial charge in [-0.1, -0.05) is 11.6 Å². The minimum Gasteiger partial charge on any atom is -0.370 e. The number of benzene rings is 2. The third-order valence-electron chi connectivity index (χ3n) is 11.6. The fourth-order valence-electron chi connectivity index (χ4n) is 8.47. The molecule has 4 fully saturated rings. The number of amides is 4. The van der Waals surface area contributed by atoms with Crippen molar-refractivity contribution in [2.24, 2.45) is 5.92 Å². The van der Waals surface area contributed by atoms with Gasteiger partial charge >= 0.3 is 0 Å². The smallest absolute Gasteiger partial charge is 0.262 e. The van der Waals surface area contributed by atoms with E-state index in [1.165, 1.54) is 6.07 Å². The predicted molar refractivity (Wildman–Crippen MR) is 209 cm³/mol. The molecule has 2 aromatic carbocycles. The van der Waals surface area contributed by atoms with Gasteiger partial charge in [0.1, 0.15) is 28.9 Å². The van der Waals surface area contributed by atoms with Crippen LogP contribution in [-0.2, 0) is 20.6 Å². The number of carbonyl (C=O) groups excluding carboxylic acids is 4. The van der Waals surface area contributed by atoms with Crippen molar-refractivity contribution in [3.63, 3.8) is 0 Å². The number of aromatic nitrogens is 2. The molecule has 0 saturated carbocycles. The second kappa shape index (κ2) is 16.5. The lowest BCUT2D eigenvalue weighted by Gasteiger charge is -2.40. The molecule has 18 heteroatoms. The number of nitrogens with one attached hydrogen (secondary N) is 2. The van der Waals surface area contributed by atoms with Gasteiger partial charge in [-0.15, -0.1) is 0 Å². The standard InChI is InChI=1S/C39H42ClFN10O5S/c40-26-21-43-39(44-22-26)45-27-7-11-50(12-8-27)57(56)28-2-1-25(20-42)33(17-28)48-9-5-24(6-10-48)23-47-13-15-49(16-14-47)34-19-30-29(18-31(34)41)37(54)51(38(30)55)32-3-4-35(52)46-36(32)53/h1-2,17-19,21-22,24,27,32H,3-16,23H2,(H,43,44,45)(H,46,52,53). The van der Waals surface area contributed by atoms with Crippen molar-refractivity contribution in [3.8, 4) is 6.07 Å². The number of nitriles is 1. The largest absolute Gasteiger partial charge is 0.370 e. The first kappa shape index (κ1) is 38.8. The van der Waals surface area contributed by atoms with Gasteiger partial charge in [0, 0.05) is 71.4 Å². The first-order valence-electron chi connectivity index (χ1n) is 19.3. The van der Waals surface area contributed by atoms with Gasteiger partial charge in [0.25, 0.3) is 11.8 Å². The number of fused-ring (bicyclic) bond motifs is 1. The Morgan fingerprint density at radius 2 is 1.53 bits per heavy atom. The van der Waals surface area contributed by atoms with E-state index >= 15 is 4.39 Å². The third kappa shape index (κ3) is 8.09. The van der Waals surface area contributed by atoms with E-state index in [0.29, 0.717) is 66.6 Å². The van der Waals surface area contributed by atoms with Crippen LogP contribution in [0.15, 0.2) is 47.6 Å². The summed E-state index contributed by atoms with van der Waals surface area (Å²) < 4.78 is 31.1. The molecule has 0 bridgehead atoms. The maximum atomic E-state index is 15.5. The normalized spacial score (nSPS) is 22.1. The zero-order valence-corrected chi connectivity index (χ0v) is 32.7. The molecule has 5 aliphatic heterocycles. The topological polar surface area (TPSA) is 175 Å². The van der Waals surface area contributed by atoms with Crippen molar-refractivity contribution in [2.45, 2.75) is 55.5 Å². The van der Waals surface area contributed by atoms with Gasteiger partial charge in [0.05, 0.1) is 50.4 Å². The molecule has 57 heavy (non-hydrogen) atoms. The maximum Gasteiger partial charge on any atom is 0.262 e. The van der Waals surface area contributed by atoms with Crippen molar-refractivity contribution in [3.05, 3.63) is 70.3 Å². The highest BCUT2D eigenvalue weighted by atomic mass is 35.5. The van der Waals surface area contributed by atoms with E-state index in [9.17, 15) is 28.6 Å². The van der Waals surface area contributed by atoms with Crippen LogP contribution in [0, 0.1) is 23.1 Å². The molecule has 1 aromatic heterocycles. The highest BCUT2D eigenvalue weighted by molar-refractivity contribution is 7.82. The molecule has 2 atom stereocenters. The number of nitrogens with zero attached hydrogens (tertiary/aromatic N) is 8. The average molecular weight is 817 g/mol. The van der Waals surface area contributed by atoms with Crippen LogP contribution in [0.25, 0.3) is 0 Å². The number of piperazine rings is 1. The zero-order chi connectivity index (χ0) is 39.8. The van der Waals surface area contributed by atoms with Gasteiger partial charge in [0.15, 0.2) is 0 Å². The molecule has 2 N–H and O–H groups in total. The Bertz CT molecular complexity index is 2150. The Morgan fingerprint density at radius 3 is 2.19 bits per heavy atom. The van der Waals surface area contributed by atoms with Crippen LogP contribution in [0.3, 0.4) is 0 Å². The van der Waals surface area contributed by atoms with Crippen molar-refractivity contribution in [2.75, 3.05) is 74.0 Å². The molecule has 298 valence electrons. The number of piperidine rings is 3. The molecule has 2 unspecified atom stereocenters. The second-order valence-electron chi connectivity index (χ2n) is 15.1.